The molecular formula is C12H8F3N3O. The van der Waals surface area contributed by atoms with Gasteiger partial charge in [-0.15, -0.1) is 0 Å². The zero-order valence-electron chi connectivity index (χ0n) is 9.52. The van der Waals surface area contributed by atoms with Gasteiger partial charge < -0.3 is 5.11 Å². The molecule has 0 unspecified atom stereocenters. The molecule has 4 nitrogen and oxygen atoms in total. The van der Waals surface area contributed by atoms with Gasteiger partial charge in [-0.05, 0) is 24.3 Å². The summed E-state index contributed by atoms with van der Waals surface area (Å²) in [5.74, 6) is 0. The van der Waals surface area contributed by atoms with Crippen molar-refractivity contribution in [3.05, 3.63) is 47.3 Å². The number of hydrogen-bond acceptors (Lipinski definition) is 3. The lowest BCUT2D eigenvalue weighted by molar-refractivity contribution is -0.142. The fraction of sp³-hybridized carbons (Fsp3) is 0.167. The summed E-state index contributed by atoms with van der Waals surface area (Å²) >= 11 is 0. The number of rotatable bonds is 2. The number of aromatic nitrogens is 2. The van der Waals surface area contributed by atoms with Crippen molar-refractivity contribution in [2.24, 2.45) is 0 Å². The van der Waals surface area contributed by atoms with E-state index in [0.717, 1.165) is 6.07 Å². The molecule has 0 saturated heterocycles. The van der Waals surface area contributed by atoms with Gasteiger partial charge in [-0.3, -0.25) is 0 Å². The second kappa shape index (κ2) is 4.74. The molecule has 0 saturated carbocycles. The number of benzene rings is 1. The van der Waals surface area contributed by atoms with Crippen LogP contribution in [-0.4, -0.2) is 14.9 Å². The van der Waals surface area contributed by atoms with Gasteiger partial charge in [0, 0.05) is 0 Å². The Kier molecular flexibility index (Phi) is 3.27. The van der Waals surface area contributed by atoms with Crippen LogP contribution in [-0.2, 0) is 12.8 Å². The van der Waals surface area contributed by atoms with Crippen molar-refractivity contribution in [2.45, 2.75) is 12.8 Å². The SMILES string of the molecule is N#Cc1cccc(-n2nc(CO)cc2C(F)(F)F)c1. The van der Waals surface area contributed by atoms with Gasteiger partial charge in [-0.2, -0.15) is 23.5 Å². The first-order valence-electron chi connectivity index (χ1n) is 5.23. The van der Waals surface area contributed by atoms with E-state index >= 15 is 0 Å². The third kappa shape index (κ3) is 2.58. The first-order chi connectivity index (χ1) is 8.95. The Bertz CT molecular complexity index is 640. The Balaban J connectivity index is 2.61. The Labute approximate surface area is 106 Å². The molecule has 0 amide bonds. The molecule has 98 valence electrons. The quantitative estimate of drug-likeness (QED) is 0.907. The number of nitrogens with zero attached hydrogens (tertiary/aromatic N) is 3. The van der Waals surface area contributed by atoms with Crippen molar-refractivity contribution in [1.82, 2.24) is 9.78 Å². The predicted molar refractivity (Wildman–Crippen MR) is 59.2 cm³/mol. The number of aliphatic hydroxyl groups is 1. The molecule has 0 aliphatic rings. The van der Waals surface area contributed by atoms with Crippen molar-refractivity contribution >= 4 is 0 Å². The van der Waals surface area contributed by atoms with Crippen LogP contribution in [0.1, 0.15) is 17.0 Å². The van der Waals surface area contributed by atoms with Crippen LogP contribution in [0, 0.1) is 11.3 Å². The first kappa shape index (κ1) is 13.1. The van der Waals surface area contributed by atoms with Crippen LogP contribution in [0.15, 0.2) is 30.3 Å². The molecular weight excluding hydrogens is 259 g/mol. The predicted octanol–water partition coefficient (Wildman–Crippen LogP) is 2.26. The topological polar surface area (TPSA) is 61.8 Å². The van der Waals surface area contributed by atoms with E-state index in [1.165, 1.54) is 24.3 Å². The minimum absolute atomic E-state index is 0.0883. The molecule has 0 atom stereocenters. The van der Waals surface area contributed by atoms with Crippen molar-refractivity contribution in [2.75, 3.05) is 0 Å². The van der Waals surface area contributed by atoms with Gasteiger partial charge in [-0.25, -0.2) is 4.68 Å². The fourth-order valence-electron chi connectivity index (χ4n) is 1.61. The van der Waals surface area contributed by atoms with Crippen LogP contribution in [0.3, 0.4) is 0 Å². The molecule has 1 heterocycles. The Morgan fingerprint density at radius 1 is 1.32 bits per heavy atom. The van der Waals surface area contributed by atoms with Gasteiger partial charge in [0.2, 0.25) is 0 Å². The second-order valence-electron chi connectivity index (χ2n) is 3.75. The van der Waals surface area contributed by atoms with Crippen molar-refractivity contribution in [3.63, 3.8) is 0 Å². The molecule has 0 aliphatic carbocycles. The summed E-state index contributed by atoms with van der Waals surface area (Å²) in [6, 6.07) is 8.27. The number of halogens is 3. The Morgan fingerprint density at radius 2 is 2.05 bits per heavy atom. The summed E-state index contributed by atoms with van der Waals surface area (Å²) in [6.45, 7) is -0.589. The van der Waals surface area contributed by atoms with Crippen LogP contribution in [0.4, 0.5) is 13.2 Å². The fourth-order valence-corrected chi connectivity index (χ4v) is 1.61. The lowest BCUT2D eigenvalue weighted by atomic mass is 10.2. The van der Waals surface area contributed by atoms with E-state index in [2.05, 4.69) is 5.10 Å². The summed E-state index contributed by atoms with van der Waals surface area (Å²) < 4.78 is 39.2. The maximum Gasteiger partial charge on any atom is 0.433 e. The summed E-state index contributed by atoms with van der Waals surface area (Å²) in [7, 11) is 0. The maximum absolute atomic E-state index is 12.9. The highest BCUT2D eigenvalue weighted by atomic mass is 19.4. The first-order valence-corrected chi connectivity index (χ1v) is 5.23. The van der Waals surface area contributed by atoms with Gasteiger partial charge in [0.05, 0.1) is 29.6 Å². The standard InChI is InChI=1S/C12H8F3N3O/c13-12(14,15)11-5-9(7-19)17-18(11)10-3-1-2-8(4-10)6-16/h1-5,19H,7H2. The molecule has 1 aromatic heterocycles. The van der Waals surface area contributed by atoms with Crippen molar-refractivity contribution < 1.29 is 18.3 Å². The highest BCUT2D eigenvalue weighted by molar-refractivity contribution is 5.42. The molecule has 2 aromatic rings. The highest BCUT2D eigenvalue weighted by Gasteiger charge is 2.36. The largest absolute Gasteiger partial charge is 0.433 e. The summed E-state index contributed by atoms with van der Waals surface area (Å²) in [5.41, 5.74) is -0.737. The summed E-state index contributed by atoms with van der Waals surface area (Å²) in [4.78, 5) is 0. The van der Waals surface area contributed by atoms with E-state index in [1.807, 2.05) is 6.07 Å². The number of nitriles is 1. The third-order valence-electron chi connectivity index (χ3n) is 2.43. The molecule has 1 N–H and O–H groups in total. The Morgan fingerprint density at radius 3 is 2.63 bits per heavy atom. The van der Waals surface area contributed by atoms with Crippen molar-refractivity contribution in [3.8, 4) is 11.8 Å². The Hall–Kier alpha value is -2.33. The van der Waals surface area contributed by atoms with E-state index in [1.54, 1.807) is 0 Å². The molecule has 7 heteroatoms. The monoisotopic (exact) mass is 267 g/mol. The molecule has 0 aliphatic heterocycles. The minimum atomic E-state index is -4.59. The van der Waals surface area contributed by atoms with E-state index < -0.39 is 18.5 Å². The van der Waals surface area contributed by atoms with Crippen LogP contribution in [0.2, 0.25) is 0 Å². The summed E-state index contributed by atoms with van der Waals surface area (Å²) in [5, 5.41) is 21.3. The van der Waals surface area contributed by atoms with Gasteiger partial charge in [-0.1, -0.05) is 6.07 Å². The minimum Gasteiger partial charge on any atom is -0.390 e. The van der Waals surface area contributed by atoms with Gasteiger partial charge in [0.1, 0.15) is 5.69 Å². The number of hydrogen-bond donors (Lipinski definition) is 1. The van der Waals surface area contributed by atoms with Gasteiger partial charge >= 0.3 is 6.18 Å². The highest BCUT2D eigenvalue weighted by Crippen LogP contribution is 2.31. The molecule has 0 radical (unpaired) electrons. The summed E-state index contributed by atoms with van der Waals surface area (Å²) in [6.07, 6.45) is -4.59. The molecule has 0 fully saturated rings. The molecule has 1 aromatic carbocycles. The average Bonchev–Trinajstić information content (AvgIpc) is 2.83. The van der Waals surface area contributed by atoms with Gasteiger partial charge in [0.25, 0.3) is 0 Å². The lowest BCUT2D eigenvalue weighted by Gasteiger charge is -2.10. The van der Waals surface area contributed by atoms with Crippen molar-refractivity contribution in [1.29, 1.82) is 5.26 Å². The second-order valence-corrected chi connectivity index (χ2v) is 3.75. The molecule has 0 bridgehead atoms. The van der Waals surface area contributed by atoms with E-state index in [9.17, 15) is 13.2 Å². The maximum atomic E-state index is 12.9. The average molecular weight is 267 g/mol. The third-order valence-corrected chi connectivity index (χ3v) is 2.43. The zero-order valence-corrected chi connectivity index (χ0v) is 9.52. The lowest BCUT2D eigenvalue weighted by Crippen LogP contribution is -2.13. The normalized spacial score (nSPS) is 11.3. The van der Waals surface area contributed by atoms with Crippen LogP contribution in [0.5, 0.6) is 0 Å². The molecule has 19 heavy (non-hydrogen) atoms. The van der Waals surface area contributed by atoms with E-state index in [0.29, 0.717) is 4.68 Å². The number of alkyl halides is 3. The molecule has 0 spiro atoms. The van der Waals surface area contributed by atoms with Crippen LogP contribution < -0.4 is 0 Å². The van der Waals surface area contributed by atoms with E-state index in [-0.39, 0.29) is 16.9 Å². The van der Waals surface area contributed by atoms with Gasteiger partial charge in [0.15, 0.2) is 0 Å². The zero-order chi connectivity index (χ0) is 14.0. The molecule has 2 rings (SSSR count). The number of aliphatic hydroxyl groups excluding tert-OH is 1. The smallest absolute Gasteiger partial charge is 0.390 e. The van der Waals surface area contributed by atoms with E-state index in [4.69, 9.17) is 10.4 Å². The van der Waals surface area contributed by atoms with Crippen LogP contribution in [0.25, 0.3) is 5.69 Å². The van der Waals surface area contributed by atoms with Crippen LogP contribution >= 0.6 is 0 Å².